The molecule has 3 heteroatoms. The highest BCUT2D eigenvalue weighted by Gasteiger charge is 2.31. The van der Waals surface area contributed by atoms with Gasteiger partial charge in [0.05, 0.1) is 6.10 Å². The van der Waals surface area contributed by atoms with Crippen LogP contribution in [0.5, 0.6) is 0 Å². The molecule has 1 atom stereocenters. The Morgan fingerprint density at radius 1 is 1.50 bits per heavy atom. The summed E-state index contributed by atoms with van der Waals surface area (Å²) in [5, 5.41) is 9.07. The maximum absolute atomic E-state index is 11.6. The van der Waals surface area contributed by atoms with Gasteiger partial charge in [-0.15, -0.1) is 0 Å². The van der Waals surface area contributed by atoms with Crippen LogP contribution < -0.4 is 0 Å². The number of carbonyl (C=O) groups is 1. The molecule has 1 fully saturated rings. The van der Waals surface area contributed by atoms with Crippen LogP contribution in [0, 0.1) is 11.3 Å². The number of nitrogens with zero attached hydrogens (tertiary/aromatic N) is 1. The Hall–Kier alpha value is -0.570. The van der Waals surface area contributed by atoms with Gasteiger partial charge in [0.15, 0.2) is 0 Å². The van der Waals surface area contributed by atoms with Gasteiger partial charge in [-0.1, -0.05) is 27.7 Å². The second kappa shape index (κ2) is 3.89. The molecule has 0 radical (unpaired) electrons. The number of carbonyl (C=O) groups excluding carboxylic acids is 1. The molecule has 1 aliphatic heterocycles. The molecule has 1 rings (SSSR count). The van der Waals surface area contributed by atoms with E-state index >= 15 is 0 Å². The van der Waals surface area contributed by atoms with Crippen molar-refractivity contribution >= 4 is 5.91 Å². The first-order valence-electron chi connectivity index (χ1n) is 5.26. The van der Waals surface area contributed by atoms with Crippen LogP contribution in [0.1, 0.15) is 34.1 Å². The summed E-state index contributed by atoms with van der Waals surface area (Å²) < 4.78 is 0. The molecule has 3 nitrogen and oxygen atoms in total. The normalized spacial score (nSPS) is 20.5. The molecular weight excluding hydrogens is 178 g/mol. The molecule has 1 heterocycles. The van der Waals surface area contributed by atoms with Crippen molar-refractivity contribution in [2.45, 2.75) is 40.2 Å². The van der Waals surface area contributed by atoms with Crippen LogP contribution in [-0.4, -0.2) is 35.1 Å². The molecule has 14 heavy (non-hydrogen) atoms. The number of hydrogen-bond donors (Lipinski definition) is 1. The van der Waals surface area contributed by atoms with Crippen LogP contribution in [0.2, 0.25) is 0 Å². The number of aliphatic hydroxyl groups is 1. The summed E-state index contributed by atoms with van der Waals surface area (Å²) in [6.07, 6.45) is 0.305. The Morgan fingerprint density at radius 3 is 2.36 bits per heavy atom. The number of hydrogen-bond acceptors (Lipinski definition) is 2. The molecule has 0 spiro atoms. The molecule has 82 valence electrons. The summed E-state index contributed by atoms with van der Waals surface area (Å²) in [6, 6.07) is 0. The van der Waals surface area contributed by atoms with Crippen LogP contribution in [-0.2, 0) is 4.79 Å². The van der Waals surface area contributed by atoms with Gasteiger partial charge in [-0.05, 0) is 11.3 Å². The Labute approximate surface area is 86.1 Å². The van der Waals surface area contributed by atoms with E-state index in [1.165, 1.54) is 0 Å². The minimum absolute atomic E-state index is 0.178. The van der Waals surface area contributed by atoms with E-state index in [0.29, 0.717) is 25.4 Å². The van der Waals surface area contributed by atoms with Gasteiger partial charge in [0, 0.05) is 19.5 Å². The van der Waals surface area contributed by atoms with Crippen molar-refractivity contribution < 1.29 is 9.90 Å². The topological polar surface area (TPSA) is 40.5 Å². The summed E-state index contributed by atoms with van der Waals surface area (Å²) in [5.74, 6) is 0.561. The molecular formula is C11H21NO2. The zero-order valence-corrected chi connectivity index (χ0v) is 9.58. The summed E-state index contributed by atoms with van der Waals surface area (Å²) in [5.41, 5.74) is 0.180. The third kappa shape index (κ3) is 2.71. The van der Waals surface area contributed by atoms with Crippen molar-refractivity contribution in [2.24, 2.45) is 11.3 Å². The number of amides is 1. The van der Waals surface area contributed by atoms with Crippen LogP contribution in [0.4, 0.5) is 0 Å². The molecule has 0 bridgehead atoms. The quantitative estimate of drug-likeness (QED) is 0.727. The highest BCUT2D eigenvalue weighted by atomic mass is 16.3. The minimum atomic E-state index is -0.288. The van der Waals surface area contributed by atoms with Gasteiger partial charge < -0.3 is 10.0 Å². The van der Waals surface area contributed by atoms with Gasteiger partial charge in [-0.3, -0.25) is 4.79 Å². The Bertz CT molecular complexity index is 214. The van der Waals surface area contributed by atoms with E-state index in [9.17, 15) is 4.79 Å². The lowest BCUT2D eigenvalue weighted by molar-refractivity contribution is -0.142. The average molecular weight is 199 g/mol. The minimum Gasteiger partial charge on any atom is -0.389 e. The zero-order chi connectivity index (χ0) is 10.9. The zero-order valence-electron chi connectivity index (χ0n) is 9.58. The van der Waals surface area contributed by atoms with Crippen LogP contribution in [0.25, 0.3) is 0 Å². The summed E-state index contributed by atoms with van der Waals surface area (Å²) in [7, 11) is 0. The second-order valence-electron chi connectivity index (χ2n) is 5.42. The van der Waals surface area contributed by atoms with Crippen molar-refractivity contribution in [3.8, 4) is 0 Å². The molecule has 0 saturated carbocycles. The fraction of sp³-hybridized carbons (Fsp3) is 0.909. The third-order valence-electron chi connectivity index (χ3n) is 3.17. The average Bonchev–Trinajstić information content (AvgIpc) is 1.96. The van der Waals surface area contributed by atoms with E-state index in [0.717, 1.165) is 0 Å². The molecule has 1 unspecified atom stereocenters. The summed E-state index contributed by atoms with van der Waals surface area (Å²) in [6.45, 7) is 9.60. The second-order valence-corrected chi connectivity index (χ2v) is 5.42. The molecule has 1 N–H and O–H groups in total. The van der Waals surface area contributed by atoms with E-state index in [-0.39, 0.29) is 17.4 Å². The Balaban J connectivity index is 2.34. The lowest BCUT2D eigenvalue weighted by Crippen LogP contribution is -2.54. The maximum Gasteiger partial charge on any atom is 0.223 e. The standard InChI is InChI=1S/C11H21NO2/c1-8(11(2,3)4)5-10(14)12-6-9(13)7-12/h8-9,13H,5-7H2,1-4H3. The number of likely N-dealkylation sites (tertiary alicyclic amines) is 1. The SMILES string of the molecule is CC(CC(=O)N1CC(O)C1)C(C)(C)C. The van der Waals surface area contributed by atoms with E-state index < -0.39 is 0 Å². The van der Waals surface area contributed by atoms with Gasteiger partial charge >= 0.3 is 0 Å². The van der Waals surface area contributed by atoms with E-state index in [1.54, 1.807) is 4.90 Å². The third-order valence-corrected chi connectivity index (χ3v) is 3.17. The first kappa shape index (κ1) is 11.5. The predicted molar refractivity (Wildman–Crippen MR) is 55.8 cm³/mol. The van der Waals surface area contributed by atoms with E-state index in [1.807, 2.05) is 0 Å². The fourth-order valence-corrected chi connectivity index (χ4v) is 1.36. The molecule has 0 aliphatic carbocycles. The fourth-order valence-electron chi connectivity index (χ4n) is 1.36. The van der Waals surface area contributed by atoms with E-state index in [4.69, 9.17) is 5.11 Å². The molecule has 0 aromatic rings. The highest BCUT2D eigenvalue weighted by molar-refractivity contribution is 5.77. The highest BCUT2D eigenvalue weighted by Crippen LogP contribution is 2.29. The smallest absolute Gasteiger partial charge is 0.223 e. The lowest BCUT2D eigenvalue weighted by Gasteiger charge is -2.37. The lowest BCUT2D eigenvalue weighted by atomic mass is 9.80. The van der Waals surface area contributed by atoms with Crippen molar-refractivity contribution in [3.05, 3.63) is 0 Å². The molecule has 1 saturated heterocycles. The van der Waals surface area contributed by atoms with Crippen molar-refractivity contribution in [3.63, 3.8) is 0 Å². The predicted octanol–water partition coefficient (Wildman–Crippen LogP) is 1.26. The van der Waals surface area contributed by atoms with Gasteiger partial charge in [0.25, 0.3) is 0 Å². The van der Waals surface area contributed by atoms with Crippen LogP contribution in [0.3, 0.4) is 0 Å². The first-order valence-corrected chi connectivity index (χ1v) is 5.26. The van der Waals surface area contributed by atoms with Gasteiger partial charge in [0.2, 0.25) is 5.91 Å². The first-order chi connectivity index (χ1) is 6.30. The van der Waals surface area contributed by atoms with Gasteiger partial charge in [0.1, 0.15) is 0 Å². The molecule has 1 aliphatic rings. The largest absolute Gasteiger partial charge is 0.389 e. The van der Waals surface area contributed by atoms with Crippen LogP contribution in [0.15, 0.2) is 0 Å². The summed E-state index contributed by atoms with van der Waals surface area (Å²) in [4.78, 5) is 13.4. The van der Waals surface area contributed by atoms with Crippen molar-refractivity contribution in [1.29, 1.82) is 0 Å². The van der Waals surface area contributed by atoms with Gasteiger partial charge in [-0.2, -0.15) is 0 Å². The number of rotatable bonds is 2. The van der Waals surface area contributed by atoms with Crippen LogP contribution >= 0.6 is 0 Å². The maximum atomic E-state index is 11.6. The van der Waals surface area contributed by atoms with Crippen molar-refractivity contribution in [1.82, 2.24) is 4.90 Å². The molecule has 0 aromatic heterocycles. The van der Waals surface area contributed by atoms with Gasteiger partial charge in [-0.25, -0.2) is 0 Å². The molecule has 1 amide bonds. The summed E-state index contributed by atoms with van der Waals surface area (Å²) >= 11 is 0. The van der Waals surface area contributed by atoms with E-state index in [2.05, 4.69) is 27.7 Å². The Morgan fingerprint density at radius 2 is 2.00 bits per heavy atom. The molecule has 0 aromatic carbocycles. The number of β-amino-alcohol motifs (C(OH)–C–C–N with tert-alkyl or cyclic N) is 1. The van der Waals surface area contributed by atoms with Crippen molar-refractivity contribution in [2.75, 3.05) is 13.1 Å². The Kier molecular flexibility index (Phi) is 3.20. The number of aliphatic hydroxyl groups excluding tert-OH is 1. The monoisotopic (exact) mass is 199 g/mol.